The Hall–Kier alpha value is -0.0800. The first-order valence-corrected chi connectivity index (χ1v) is 7.83. The Labute approximate surface area is 114 Å². The Morgan fingerprint density at radius 2 is 1.61 bits per heavy atom. The van der Waals surface area contributed by atoms with E-state index in [4.69, 9.17) is 0 Å². The van der Waals surface area contributed by atoms with Crippen LogP contribution in [0, 0.1) is 17.8 Å². The second-order valence-electron chi connectivity index (χ2n) is 7.82. The summed E-state index contributed by atoms with van der Waals surface area (Å²) in [4.78, 5) is 5.33. The minimum Gasteiger partial charge on any atom is -0.302 e. The van der Waals surface area contributed by atoms with Gasteiger partial charge in [0.1, 0.15) is 0 Å². The predicted octanol–water partition coefficient (Wildman–Crippen LogP) is 3.08. The lowest BCUT2D eigenvalue weighted by molar-refractivity contribution is 0.0269. The van der Waals surface area contributed by atoms with E-state index in [1.807, 2.05) is 0 Å². The highest BCUT2D eigenvalue weighted by Crippen LogP contribution is 2.28. The normalized spacial score (nSPS) is 25.7. The van der Waals surface area contributed by atoms with Gasteiger partial charge >= 0.3 is 0 Å². The lowest BCUT2D eigenvalue weighted by Gasteiger charge is -2.46. The zero-order valence-electron chi connectivity index (χ0n) is 13.1. The SMILES string of the molecule is CC(C)C1CN(CC2CCN(C(C)(C)C)CC2)C1. The van der Waals surface area contributed by atoms with Gasteiger partial charge in [0, 0.05) is 25.2 Å². The lowest BCUT2D eigenvalue weighted by atomic mass is 9.86. The van der Waals surface area contributed by atoms with Crippen LogP contribution in [0.15, 0.2) is 0 Å². The van der Waals surface area contributed by atoms with Crippen LogP contribution in [-0.2, 0) is 0 Å². The van der Waals surface area contributed by atoms with Gasteiger partial charge < -0.3 is 4.90 Å². The summed E-state index contributed by atoms with van der Waals surface area (Å²) in [5, 5.41) is 0. The van der Waals surface area contributed by atoms with Gasteiger partial charge in [-0.25, -0.2) is 0 Å². The monoisotopic (exact) mass is 252 g/mol. The van der Waals surface area contributed by atoms with E-state index in [0.29, 0.717) is 5.54 Å². The first-order chi connectivity index (χ1) is 8.36. The maximum absolute atomic E-state index is 2.68. The topological polar surface area (TPSA) is 6.48 Å². The molecule has 0 unspecified atom stereocenters. The second-order valence-corrected chi connectivity index (χ2v) is 7.82. The van der Waals surface area contributed by atoms with Crippen LogP contribution < -0.4 is 0 Å². The van der Waals surface area contributed by atoms with Gasteiger partial charge in [-0.3, -0.25) is 4.90 Å². The van der Waals surface area contributed by atoms with Crippen LogP contribution in [0.1, 0.15) is 47.5 Å². The summed E-state index contributed by atoms with van der Waals surface area (Å²) in [6.07, 6.45) is 2.81. The van der Waals surface area contributed by atoms with Crippen LogP contribution in [0.3, 0.4) is 0 Å². The molecule has 0 atom stereocenters. The van der Waals surface area contributed by atoms with E-state index in [0.717, 1.165) is 17.8 Å². The Balaban J connectivity index is 1.66. The molecule has 0 aromatic heterocycles. The Morgan fingerprint density at radius 1 is 1.06 bits per heavy atom. The van der Waals surface area contributed by atoms with Gasteiger partial charge in [-0.1, -0.05) is 13.8 Å². The summed E-state index contributed by atoms with van der Waals surface area (Å²) in [6.45, 7) is 18.4. The van der Waals surface area contributed by atoms with Crippen molar-refractivity contribution in [3.63, 3.8) is 0 Å². The number of piperidine rings is 1. The average molecular weight is 252 g/mol. The molecule has 2 heterocycles. The Bertz CT molecular complexity index is 253. The van der Waals surface area contributed by atoms with Crippen molar-refractivity contribution in [2.75, 3.05) is 32.7 Å². The molecule has 0 aromatic carbocycles. The average Bonchev–Trinajstić information content (AvgIpc) is 2.21. The minimum atomic E-state index is 0.366. The zero-order chi connectivity index (χ0) is 13.3. The molecule has 0 aliphatic carbocycles. The summed E-state index contributed by atoms with van der Waals surface area (Å²) in [5.74, 6) is 2.81. The van der Waals surface area contributed by atoms with Crippen LogP contribution in [0.5, 0.6) is 0 Å². The van der Waals surface area contributed by atoms with Crippen LogP contribution in [0.2, 0.25) is 0 Å². The van der Waals surface area contributed by atoms with Crippen LogP contribution in [0.25, 0.3) is 0 Å². The highest BCUT2D eigenvalue weighted by Gasteiger charge is 2.32. The van der Waals surface area contributed by atoms with Crippen molar-refractivity contribution in [2.24, 2.45) is 17.8 Å². The van der Waals surface area contributed by atoms with Gasteiger partial charge in [-0.2, -0.15) is 0 Å². The summed E-state index contributed by atoms with van der Waals surface area (Å²) < 4.78 is 0. The van der Waals surface area contributed by atoms with E-state index >= 15 is 0 Å². The molecular formula is C16H32N2. The highest BCUT2D eigenvalue weighted by atomic mass is 15.2. The summed E-state index contributed by atoms with van der Waals surface area (Å²) in [6, 6.07) is 0. The molecule has 2 nitrogen and oxygen atoms in total. The van der Waals surface area contributed by atoms with E-state index in [9.17, 15) is 0 Å². The van der Waals surface area contributed by atoms with Crippen molar-refractivity contribution in [3.8, 4) is 0 Å². The van der Waals surface area contributed by atoms with Gasteiger partial charge in [-0.15, -0.1) is 0 Å². The summed E-state index contributed by atoms with van der Waals surface area (Å²) in [5.41, 5.74) is 0.366. The molecule has 0 amide bonds. The number of hydrogen-bond acceptors (Lipinski definition) is 2. The third kappa shape index (κ3) is 3.48. The van der Waals surface area contributed by atoms with E-state index in [-0.39, 0.29) is 0 Å². The molecule has 0 spiro atoms. The first-order valence-electron chi connectivity index (χ1n) is 7.83. The molecule has 0 bridgehead atoms. The van der Waals surface area contributed by atoms with Crippen molar-refractivity contribution in [1.82, 2.24) is 9.80 Å². The second kappa shape index (κ2) is 5.50. The van der Waals surface area contributed by atoms with Crippen molar-refractivity contribution in [1.29, 1.82) is 0 Å². The molecule has 2 aliphatic heterocycles. The molecule has 0 radical (unpaired) electrons. The van der Waals surface area contributed by atoms with E-state index < -0.39 is 0 Å². The molecule has 2 aliphatic rings. The fraction of sp³-hybridized carbons (Fsp3) is 1.00. The number of hydrogen-bond donors (Lipinski definition) is 0. The van der Waals surface area contributed by atoms with Gasteiger partial charge in [0.25, 0.3) is 0 Å². The fourth-order valence-corrected chi connectivity index (χ4v) is 3.33. The Morgan fingerprint density at radius 3 is 2.06 bits per heavy atom. The minimum absolute atomic E-state index is 0.366. The maximum Gasteiger partial charge on any atom is 0.0125 e. The molecule has 0 aromatic rings. The molecule has 2 saturated heterocycles. The van der Waals surface area contributed by atoms with Crippen molar-refractivity contribution in [3.05, 3.63) is 0 Å². The molecule has 0 saturated carbocycles. The number of rotatable bonds is 3. The third-order valence-corrected chi connectivity index (χ3v) is 5.01. The highest BCUT2D eigenvalue weighted by molar-refractivity contribution is 4.86. The Kier molecular flexibility index (Phi) is 4.38. The zero-order valence-corrected chi connectivity index (χ0v) is 13.1. The molecule has 106 valence electrons. The van der Waals surface area contributed by atoms with Crippen molar-refractivity contribution in [2.45, 2.75) is 53.0 Å². The van der Waals surface area contributed by atoms with Gasteiger partial charge in [0.2, 0.25) is 0 Å². The van der Waals surface area contributed by atoms with E-state index in [1.54, 1.807) is 0 Å². The molecule has 2 heteroatoms. The summed E-state index contributed by atoms with van der Waals surface area (Å²) >= 11 is 0. The predicted molar refractivity (Wildman–Crippen MR) is 78.8 cm³/mol. The maximum atomic E-state index is 2.68. The van der Waals surface area contributed by atoms with Crippen molar-refractivity contribution < 1.29 is 0 Å². The van der Waals surface area contributed by atoms with Crippen molar-refractivity contribution >= 4 is 0 Å². The molecule has 18 heavy (non-hydrogen) atoms. The number of nitrogens with zero attached hydrogens (tertiary/aromatic N) is 2. The third-order valence-electron chi connectivity index (χ3n) is 5.01. The molecule has 2 rings (SSSR count). The summed E-state index contributed by atoms with van der Waals surface area (Å²) in [7, 11) is 0. The van der Waals surface area contributed by atoms with Gasteiger partial charge in [0.05, 0.1) is 0 Å². The molecule has 0 N–H and O–H groups in total. The molecular weight excluding hydrogens is 220 g/mol. The number of likely N-dealkylation sites (tertiary alicyclic amines) is 2. The largest absolute Gasteiger partial charge is 0.302 e. The van der Waals surface area contributed by atoms with E-state index in [1.165, 1.54) is 45.6 Å². The first kappa shape index (κ1) is 14.3. The van der Waals surface area contributed by atoms with Gasteiger partial charge in [-0.05, 0) is 64.5 Å². The van der Waals surface area contributed by atoms with Crippen LogP contribution >= 0.6 is 0 Å². The smallest absolute Gasteiger partial charge is 0.0125 e. The molecule has 2 fully saturated rings. The van der Waals surface area contributed by atoms with E-state index in [2.05, 4.69) is 44.4 Å². The van der Waals surface area contributed by atoms with Gasteiger partial charge in [0.15, 0.2) is 0 Å². The van der Waals surface area contributed by atoms with Crippen LogP contribution in [0.4, 0.5) is 0 Å². The lowest BCUT2D eigenvalue weighted by Crippen LogP contribution is -2.52. The fourth-order valence-electron chi connectivity index (χ4n) is 3.33. The quantitative estimate of drug-likeness (QED) is 0.761. The van der Waals surface area contributed by atoms with Crippen LogP contribution in [-0.4, -0.2) is 48.1 Å². The standard InChI is InChI=1S/C16H32N2/c1-13(2)15-11-17(12-15)10-14-6-8-18(9-7-14)16(3,4)5/h13-15H,6-12H2,1-5H3.